The van der Waals surface area contributed by atoms with Crippen molar-refractivity contribution in [2.45, 2.75) is 37.5 Å². The SMILES string of the molecule is NC(C(O)Cc1ccccc1)C(O)C1CC1. The highest BCUT2D eigenvalue weighted by atomic mass is 16.3. The first-order valence-electron chi connectivity index (χ1n) is 5.84. The summed E-state index contributed by atoms with van der Waals surface area (Å²) in [5, 5.41) is 19.8. The lowest BCUT2D eigenvalue weighted by atomic mass is 9.96. The van der Waals surface area contributed by atoms with Crippen LogP contribution in [0.2, 0.25) is 0 Å². The second-order valence-corrected chi connectivity index (χ2v) is 4.66. The molecule has 0 saturated heterocycles. The fourth-order valence-electron chi connectivity index (χ4n) is 1.97. The van der Waals surface area contributed by atoms with Crippen LogP contribution in [0.4, 0.5) is 0 Å². The van der Waals surface area contributed by atoms with Crippen molar-refractivity contribution < 1.29 is 10.2 Å². The Bertz CT molecular complexity index is 324. The van der Waals surface area contributed by atoms with Gasteiger partial charge in [-0.05, 0) is 30.7 Å². The van der Waals surface area contributed by atoms with E-state index in [1.54, 1.807) is 0 Å². The Morgan fingerprint density at radius 1 is 1.19 bits per heavy atom. The molecule has 0 aromatic heterocycles. The van der Waals surface area contributed by atoms with Crippen LogP contribution < -0.4 is 5.73 Å². The third-order valence-electron chi connectivity index (χ3n) is 3.23. The third-order valence-corrected chi connectivity index (χ3v) is 3.23. The normalized spacial score (nSPS) is 21.4. The molecule has 0 radical (unpaired) electrons. The molecular weight excluding hydrogens is 202 g/mol. The molecule has 1 aromatic carbocycles. The second-order valence-electron chi connectivity index (χ2n) is 4.66. The van der Waals surface area contributed by atoms with E-state index in [2.05, 4.69) is 0 Å². The highest BCUT2D eigenvalue weighted by Gasteiger charge is 2.36. The van der Waals surface area contributed by atoms with Crippen molar-refractivity contribution in [2.75, 3.05) is 0 Å². The average Bonchev–Trinajstić information content (AvgIpc) is 3.12. The number of aliphatic hydroxyl groups is 2. The van der Waals surface area contributed by atoms with Crippen LogP contribution in [0.5, 0.6) is 0 Å². The Morgan fingerprint density at radius 3 is 2.38 bits per heavy atom. The molecule has 4 N–H and O–H groups in total. The molecule has 88 valence electrons. The average molecular weight is 221 g/mol. The van der Waals surface area contributed by atoms with Gasteiger partial charge in [0, 0.05) is 0 Å². The number of hydrogen-bond acceptors (Lipinski definition) is 3. The van der Waals surface area contributed by atoms with Crippen LogP contribution >= 0.6 is 0 Å². The van der Waals surface area contributed by atoms with E-state index in [1.807, 2.05) is 30.3 Å². The summed E-state index contributed by atoms with van der Waals surface area (Å²) in [5.41, 5.74) is 6.90. The smallest absolute Gasteiger partial charge is 0.0756 e. The van der Waals surface area contributed by atoms with Crippen molar-refractivity contribution in [1.82, 2.24) is 0 Å². The first-order valence-corrected chi connectivity index (χ1v) is 5.84. The summed E-state index contributed by atoms with van der Waals surface area (Å²) in [6, 6.07) is 9.19. The Labute approximate surface area is 95.9 Å². The first-order chi connectivity index (χ1) is 7.68. The number of nitrogens with two attached hydrogens (primary N) is 1. The molecule has 1 saturated carbocycles. The Hall–Kier alpha value is -0.900. The highest BCUT2D eigenvalue weighted by molar-refractivity contribution is 5.16. The van der Waals surface area contributed by atoms with Crippen LogP contribution in [0.3, 0.4) is 0 Å². The van der Waals surface area contributed by atoms with E-state index in [1.165, 1.54) is 0 Å². The second kappa shape index (κ2) is 4.95. The Balaban J connectivity index is 1.89. The van der Waals surface area contributed by atoms with Crippen LogP contribution in [0.25, 0.3) is 0 Å². The topological polar surface area (TPSA) is 66.5 Å². The summed E-state index contributed by atoms with van der Waals surface area (Å²) in [4.78, 5) is 0. The lowest BCUT2D eigenvalue weighted by molar-refractivity contribution is 0.0439. The summed E-state index contributed by atoms with van der Waals surface area (Å²) >= 11 is 0. The van der Waals surface area contributed by atoms with Gasteiger partial charge in [-0.1, -0.05) is 30.3 Å². The van der Waals surface area contributed by atoms with Crippen LogP contribution in [0.15, 0.2) is 30.3 Å². The Morgan fingerprint density at radius 2 is 1.81 bits per heavy atom. The van der Waals surface area contributed by atoms with E-state index in [4.69, 9.17) is 5.73 Å². The number of aliphatic hydroxyl groups excluding tert-OH is 2. The predicted molar refractivity (Wildman–Crippen MR) is 62.9 cm³/mol. The van der Waals surface area contributed by atoms with E-state index in [0.717, 1.165) is 18.4 Å². The van der Waals surface area contributed by atoms with Gasteiger partial charge in [0.25, 0.3) is 0 Å². The van der Waals surface area contributed by atoms with Crippen molar-refractivity contribution in [3.8, 4) is 0 Å². The molecule has 3 heteroatoms. The number of rotatable bonds is 5. The van der Waals surface area contributed by atoms with Crippen LogP contribution in [-0.2, 0) is 6.42 Å². The van der Waals surface area contributed by atoms with E-state index in [0.29, 0.717) is 12.3 Å². The Kier molecular flexibility index (Phi) is 3.59. The van der Waals surface area contributed by atoms with Crippen molar-refractivity contribution in [3.05, 3.63) is 35.9 Å². The molecule has 1 aromatic rings. The summed E-state index contributed by atoms with van der Waals surface area (Å²) in [5.74, 6) is 0.306. The number of benzene rings is 1. The van der Waals surface area contributed by atoms with Gasteiger partial charge in [-0.25, -0.2) is 0 Å². The van der Waals surface area contributed by atoms with E-state index >= 15 is 0 Å². The zero-order valence-electron chi connectivity index (χ0n) is 9.29. The molecule has 1 fully saturated rings. The third kappa shape index (κ3) is 2.82. The molecule has 3 unspecified atom stereocenters. The zero-order chi connectivity index (χ0) is 11.5. The predicted octanol–water partition coefficient (Wildman–Crippen LogP) is 0.688. The maximum atomic E-state index is 9.93. The molecule has 0 bridgehead atoms. The van der Waals surface area contributed by atoms with Crippen molar-refractivity contribution in [1.29, 1.82) is 0 Å². The van der Waals surface area contributed by atoms with E-state index in [9.17, 15) is 10.2 Å². The van der Waals surface area contributed by atoms with Gasteiger partial charge in [0.2, 0.25) is 0 Å². The lowest BCUT2D eigenvalue weighted by Gasteiger charge is -2.23. The number of hydrogen-bond donors (Lipinski definition) is 3. The molecule has 0 amide bonds. The quantitative estimate of drug-likeness (QED) is 0.685. The fourth-order valence-corrected chi connectivity index (χ4v) is 1.97. The van der Waals surface area contributed by atoms with Crippen molar-refractivity contribution in [3.63, 3.8) is 0 Å². The maximum absolute atomic E-state index is 9.93. The summed E-state index contributed by atoms with van der Waals surface area (Å²) in [6.45, 7) is 0. The van der Waals surface area contributed by atoms with Crippen LogP contribution in [0, 0.1) is 5.92 Å². The molecule has 0 heterocycles. The van der Waals surface area contributed by atoms with Crippen molar-refractivity contribution >= 4 is 0 Å². The highest BCUT2D eigenvalue weighted by Crippen LogP contribution is 2.34. The van der Waals surface area contributed by atoms with Crippen LogP contribution in [0.1, 0.15) is 18.4 Å². The molecule has 1 aliphatic carbocycles. The molecule has 0 aliphatic heterocycles. The van der Waals surface area contributed by atoms with Gasteiger partial charge in [0.15, 0.2) is 0 Å². The molecule has 3 atom stereocenters. The van der Waals surface area contributed by atoms with Gasteiger partial charge in [-0.15, -0.1) is 0 Å². The zero-order valence-corrected chi connectivity index (χ0v) is 9.29. The molecule has 2 rings (SSSR count). The molecule has 3 nitrogen and oxygen atoms in total. The van der Waals surface area contributed by atoms with Crippen LogP contribution in [-0.4, -0.2) is 28.5 Å². The van der Waals surface area contributed by atoms with Gasteiger partial charge in [0.05, 0.1) is 18.2 Å². The maximum Gasteiger partial charge on any atom is 0.0756 e. The minimum atomic E-state index is -0.669. The minimum absolute atomic E-state index is 0.306. The molecule has 16 heavy (non-hydrogen) atoms. The lowest BCUT2D eigenvalue weighted by Crippen LogP contribution is -2.46. The standard InChI is InChI=1S/C13H19NO2/c14-12(13(16)10-6-7-10)11(15)8-9-4-2-1-3-5-9/h1-5,10-13,15-16H,6-8,14H2. The summed E-state index contributed by atoms with van der Waals surface area (Å²) in [7, 11) is 0. The summed E-state index contributed by atoms with van der Waals surface area (Å²) in [6.07, 6.45) is 1.35. The van der Waals surface area contributed by atoms with Gasteiger partial charge in [-0.3, -0.25) is 0 Å². The molecule has 1 aliphatic rings. The van der Waals surface area contributed by atoms with Gasteiger partial charge < -0.3 is 15.9 Å². The first kappa shape index (κ1) is 11.6. The van der Waals surface area contributed by atoms with Gasteiger partial charge >= 0.3 is 0 Å². The fraction of sp³-hybridized carbons (Fsp3) is 0.538. The van der Waals surface area contributed by atoms with Crippen molar-refractivity contribution in [2.24, 2.45) is 11.7 Å². The van der Waals surface area contributed by atoms with E-state index in [-0.39, 0.29) is 0 Å². The minimum Gasteiger partial charge on any atom is -0.391 e. The van der Waals surface area contributed by atoms with Gasteiger partial charge in [-0.2, -0.15) is 0 Å². The largest absolute Gasteiger partial charge is 0.391 e. The van der Waals surface area contributed by atoms with E-state index < -0.39 is 18.2 Å². The monoisotopic (exact) mass is 221 g/mol. The summed E-state index contributed by atoms with van der Waals surface area (Å²) < 4.78 is 0. The van der Waals surface area contributed by atoms with Gasteiger partial charge in [0.1, 0.15) is 0 Å². The molecule has 0 spiro atoms. The molecular formula is C13H19NO2.